The van der Waals surface area contributed by atoms with Crippen LogP contribution in [0.25, 0.3) is 0 Å². The van der Waals surface area contributed by atoms with Gasteiger partial charge >= 0.3 is 0 Å². The summed E-state index contributed by atoms with van der Waals surface area (Å²) in [5, 5.41) is 0.695. The third kappa shape index (κ3) is 6.71. The highest BCUT2D eigenvalue weighted by molar-refractivity contribution is 7.92. The molecule has 1 aliphatic rings. The molecule has 9 heteroatoms. The van der Waals surface area contributed by atoms with E-state index >= 15 is 0 Å². The topological polar surface area (TPSA) is 70.2 Å². The Balaban J connectivity index is 1.31. The smallest absolute Gasteiger partial charge is 0.260 e. The van der Waals surface area contributed by atoms with Gasteiger partial charge in [0.25, 0.3) is 5.91 Å². The molecule has 1 fully saturated rings. The highest BCUT2D eigenvalue weighted by Gasteiger charge is 2.22. The molecule has 0 atom stereocenters. The number of rotatable bonds is 8. The first-order valence-corrected chi connectivity index (χ1v) is 14.0. The van der Waals surface area contributed by atoms with Crippen molar-refractivity contribution in [2.45, 2.75) is 13.5 Å². The summed E-state index contributed by atoms with van der Waals surface area (Å²) >= 11 is 6.09. The first kappa shape index (κ1) is 25.9. The molecule has 0 aromatic heterocycles. The van der Waals surface area contributed by atoms with Gasteiger partial charge in [0.15, 0.2) is 6.61 Å². The van der Waals surface area contributed by atoms with Gasteiger partial charge in [-0.05, 0) is 55.0 Å². The Hall–Kier alpha value is -3.23. The molecule has 4 rings (SSSR count). The Kier molecular flexibility index (Phi) is 8.06. The fraction of sp³-hybridized carbons (Fsp3) is 0.296. The summed E-state index contributed by atoms with van der Waals surface area (Å²) in [6, 6.07) is 22.2. The number of benzene rings is 3. The fourth-order valence-corrected chi connectivity index (χ4v) is 5.16. The van der Waals surface area contributed by atoms with Crippen molar-refractivity contribution in [3.63, 3.8) is 0 Å². The van der Waals surface area contributed by atoms with Crippen LogP contribution in [0.5, 0.6) is 5.75 Å². The van der Waals surface area contributed by atoms with Crippen LogP contribution >= 0.6 is 11.6 Å². The molecular formula is C27H30ClN3O4S. The van der Waals surface area contributed by atoms with Crippen molar-refractivity contribution in [2.24, 2.45) is 0 Å². The zero-order valence-corrected chi connectivity index (χ0v) is 22.0. The predicted molar refractivity (Wildman–Crippen MR) is 144 cm³/mol. The van der Waals surface area contributed by atoms with Gasteiger partial charge in [0, 0.05) is 36.9 Å². The van der Waals surface area contributed by atoms with Crippen molar-refractivity contribution in [1.82, 2.24) is 4.90 Å². The van der Waals surface area contributed by atoms with E-state index in [4.69, 9.17) is 16.3 Å². The number of aryl methyl sites for hydroxylation is 1. The molecular weight excluding hydrogens is 498 g/mol. The molecule has 3 aromatic carbocycles. The minimum Gasteiger partial charge on any atom is -0.484 e. The average Bonchev–Trinajstić information content (AvgIpc) is 2.87. The highest BCUT2D eigenvalue weighted by atomic mass is 35.5. The second-order valence-electron chi connectivity index (χ2n) is 8.89. The zero-order valence-electron chi connectivity index (χ0n) is 20.4. The van der Waals surface area contributed by atoms with Crippen molar-refractivity contribution >= 4 is 38.9 Å². The summed E-state index contributed by atoms with van der Waals surface area (Å²) in [7, 11) is -3.49. The van der Waals surface area contributed by atoms with Gasteiger partial charge in [0.2, 0.25) is 10.0 Å². The van der Waals surface area contributed by atoms with Crippen LogP contribution in [0.3, 0.4) is 0 Å². The van der Waals surface area contributed by atoms with Crippen LogP contribution in [0.2, 0.25) is 5.02 Å². The third-order valence-corrected chi connectivity index (χ3v) is 7.52. The van der Waals surface area contributed by atoms with Gasteiger partial charge < -0.3 is 14.5 Å². The van der Waals surface area contributed by atoms with Crippen LogP contribution in [0.1, 0.15) is 11.1 Å². The van der Waals surface area contributed by atoms with Gasteiger partial charge in [-0.25, -0.2) is 8.42 Å². The van der Waals surface area contributed by atoms with E-state index in [1.807, 2.05) is 55.5 Å². The standard InChI is InChI=1S/C27H30ClN3O4S/c1-21-6-8-22(9-7-21)19-31(36(2,33)34)24-10-12-26(13-11-24)35-20-27(32)30-16-14-29(15-17-30)25-5-3-4-23(28)18-25/h3-13,18H,14-17,19-20H2,1-2H3. The van der Waals surface area contributed by atoms with E-state index in [1.165, 1.54) is 10.6 Å². The molecule has 7 nitrogen and oxygen atoms in total. The van der Waals surface area contributed by atoms with E-state index < -0.39 is 10.0 Å². The van der Waals surface area contributed by atoms with Gasteiger partial charge in [-0.2, -0.15) is 0 Å². The maximum atomic E-state index is 12.7. The van der Waals surface area contributed by atoms with E-state index in [0.29, 0.717) is 29.5 Å². The maximum absolute atomic E-state index is 12.7. The lowest BCUT2D eigenvalue weighted by Crippen LogP contribution is -2.50. The van der Waals surface area contributed by atoms with Crippen molar-refractivity contribution in [2.75, 3.05) is 48.2 Å². The van der Waals surface area contributed by atoms with E-state index in [0.717, 1.165) is 29.9 Å². The SMILES string of the molecule is Cc1ccc(CN(c2ccc(OCC(=O)N3CCN(c4cccc(Cl)c4)CC3)cc2)S(C)(=O)=O)cc1. The van der Waals surface area contributed by atoms with Gasteiger partial charge in [0.05, 0.1) is 18.5 Å². The summed E-state index contributed by atoms with van der Waals surface area (Å²) < 4.78 is 31.9. The molecule has 0 aliphatic carbocycles. The monoisotopic (exact) mass is 527 g/mol. The molecule has 190 valence electrons. The van der Waals surface area contributed by atoms with Crippen LogP contribution in [-0.2, 0) is 21.4 Å². The van der Waals surface area contributed by atoms with Crippen molar-refractivity contribution in [1.29, 1.82) is 0 Å². The van der Waals surface area contributed by atoms with Crippen molar-refractivity contribution < 1.29 is 17.9 Å². The zero-order chi connectivity index (χ0) is 25.7. The molecule has 0 spiro atoms. The Bertz CT molecular complexity index is 1290. The van der Waals surface area contributed by atoms with Crippen molar-refractivity contribution in [3.8, 4) is 5.75 Å². The summed E-state index contributed by atoms with van der Waals surface area (Å²) in [6.07, 6.45) is 1.19. The van der Waals surface area contributed by atoms with E-state index in [9.17, 15) is 13.2 Å². The Morgan fingerprint density at radius 3 is 2.25 bits per heavy atom. The quantitative estimate of drug-likeness (QED) is 0.436. The van der Waals surface area contributed by atoms with Crippen molar-refractivity contribution in [3.05, 3.63) is 88.9 Å². The molecule has 0 saturated carbocycles. The van der Waals surface area contributed by atoms with Gasteiger partial charge in [0.1, 0.15) is 5.75 Å². The molecule has 1 aliphatic heterocycles. The molecule has 3 aromatic rings. The number of amides is 1. The summed E-state index contributed by atoms with van der Waals surface area (Å²) in [5.74, 6) is 0.426. The Morgan fingerprint density at radius 1 is 0.972 bits per heavy atom. The predicted octanol–water partition coefficient (Wildman–Crippen LogP) is 4.34. The molecule has 36 heavy (non-hydrogen) atoms. The highest BCUT2D eigenvalue weighted by Crippen LogP contribution is 2.24. The number of anilines is 2. The maximum Gasteiger partial charge on any atom is 0.260 e. The summed E-state index contributed by atoms with van der Waals surface area (Å²) in [4.78, 5) is 16.7. The number of hydrogen-bond donors (Lipinski definition) is 0. The van der Waals surface area contributed by atoms with Gasteiger partial charge in [-0.15, -0.1) is 0 Å². The number of ether oxygens (including phenoxy) is 1. The molecule has 1 amide bonds. The Morgan fingerprint density at radius 2 is 1.64 bits per heavy atom. The van der Waals surface area contributed by atoms with Gasteiger partial charge in [-0.3, -0.25) is 9.10 Å². The van der Waals surface area contributed by atoms with Crippen LogP contribution in [0.15, 0.2) is 72.8 Å². The second kappa shape index (κ2) is 11.2. The third-order valence-electron chi connectivity index (χ3n) is 6.14. The molecule has 0 unspecified atom stereocenters. The molecule has 0 N–H and O–H groups in total. The van der Waals surface area contributed by atoms with Gasteiger partial charge in [-0.1, -0.05) is 47.5 Å². The minimum atomic E-state index is -3.49. The normalized spacial score (nSPS) is 14.0. The molecule has 0 bridgehead atoms. The number of halogens is 1. The van der Waals surface area contributed by atoms with E-state index in [1.54, 1.807) is 29.2 Å². The minimum absolute atomic E-state index is 0.0737. The molecule has 1 saturated heterocycles. The van der Waals surface area contributed by atoms with Crippen LogP contribution in [-0.4, -0.2) is 58.3 Å². The van der Waals surface area contributed by atoms with Crippen LogP contribution in [0.4, 0.5) is 11.4 Å². The first-order valence-electron chi connectivity index (χ1n) is 11.7. The number of carbonyl (C=O) groups excluding carboxylic acids is 1. The largest absolute Gasteiger partial charge is 0.484 e. The van der Waals surface area contributed by atoms with E-state index in [-0.39, 0.29) is 19.1 Å². The number of nitrogens with zero attached hydrogens (tertiary/aromatic N) is 3. The molecule has 0 radical (unpaired) electrons. The summed E-state index contributed by atoms with van der Waals surface area (Å²) in [5.41, 5.74) is 3.60. The van der Waals surface area contributed by atoms with Crippen LogP contribution < -0.4 is 13.9 Å². The number of carbonyl (C=O) groups is 1. The lowest BCUT2D eigenvalue weighted by molar-refractivity contribution is -0.133. The molecule has 1 heterocycles. The number of sulfonamides is 1. The second-order valence-corrected chi connectivity index (χ2v) is 11.2. The number of piperazine rings is 1. The summed E-state index contributed by atoms with van der Waals surface area (Å²) in [6.45, 7) is 4.81. The average molecular weight is 528 g/mol. The van der Waals surface area contributed by atoms with Crippen LogP contribution in [0, 0.1) is 6.92 Å². The fourth-order valence-electron chi connectivity index (χ4n) is 4.09. The number of hydrogen-bond acceptors (Lipinski definition) is 5. The van der Waals surface area contributed by atoms with E-state index in [2.05, 4.69) is 4.90 Å². The first-order chi connectivity index (χ1) is 17.2. The lowest BCUT2D eigenvalue weighted by atomic mass is 10.1. The lowest BCUT2D eigenvalue weighted by Gasteiger charge is -2.36. The Labute approximate surface area is 217 Å².